The summed E-state index contributed by atoms with van der Waals surface area (Å²) in [5.41, 5.74) is 6.38. The Kier molecular flexibility index (Phi) is 14.6. The third-order valence-corrected chi connectivity index (χ3v) is 6.76. The third-order valence-electron chi connectivity index (χ3n) is 6.76. The number of rotatable bonds is 16. The van der Waals surface area contributed by atoms with Crippen molar-refractivity contribution in [3.63, 3.8) is 0 Å². The van der Waals surface area contributed by atoms with Gasteiger partial charge in [0, 0.05) is 23.7 Å². The lowest BCUT2D eigenvalue weighted by Gasteiger charge is -2.33. The fourth-order valence-corrected chi connectivity index (χ4v) is 4.67. The van der Waals surface area contributed by atoms with Gasteiger partial charge < -0.3 is 25.4 Å². The largest absolute Gasteiger partial charge is 0.490 e. The summed E-state index contributed by atoms with van der Waals surface area (Å²) in [7, 11) is 0. The topological polar surface area (TPSA) is 102 Å². The molecule has 206 valence electrons. The molecule has 0 aliphatic rings. The van der Waals surface area contributed by atoms with Crippen LogP contribution in [0.1, 0.15) is 48.0 Å². The van der Waals surface area contributed by atoms with Crippen LogP contribution in [0, 0.1) is 29.6 Å². The molecule has 6 nitrogen and oxygen atoms in total. The first kappa shape index (κ1) is 32.2. The van der Waals surface area contributed by atoms with Crippen molar-refractivity contribution < 1.29 is 24.5 Å². The summed E-state index contributed by atoms with van der Waals surface area (Å²) in [6, 6.07) is 9.62. The molecule has 4 N–H and O–H groups in total. The maximum Gasteiger partial charge on any atom is 0.404 e. The van der Waals surface area contributed by atoms with Crippen molar-refractivity contribution in [2.24, 2.45) is 35.3 Å². The lowest BCUT2D eigenvalue weighted by molar-refractivity contribution is -0.0266. The first-order chi connectivity index (χ1) is 17.5. The molecule has 0 radical (unpaired) electrons. The summed E-state index contributed by atoms with van der Waals surface area (Å²) >= 11 is 0. The fourth-order valence-electron chi connectivity index (χ4n) is 4.67. The summed E-state index contributed by atoms with van der Waals surface area (Å²) in [5, 5.41) is 21.9. The number of aliphatic hydroxyl groups excluding tert-OH is 2. The van der Waals surface area contributed by atoms with Crippen molar-refractivity contribution in [3.8, 4) is 5.75 Å². The van der Waals surface area contributed by atoms with E-state index in [1.54, 1.807) is 12.2 Å². The van der Waals surface area contributed by atoms with Gasteiger partial charge in [-0.1, -0.05) is 101 Å². The van der Waals surface area contributed by atoms with Gasteiger partial charge in [0.25, 0.3) is 0 Å². The molecule has 0 spiro atoms. The quantitative estimate of drug-likeness (QED) is 0.184. The van der Waals surface area contributed by atoms with E-state index in [2.05, 4.69) is 12.7 Å². The molecular formula is C31H47NO5. The smallest absolute Gasteiger partial charge is 0.404 e. The maximum absolute atomic E-state index is 11.5. The number of carbonyl (C=O) groups excluding carboxylic acids is 1. The van der Waals surface area contributed by atoms with Gasteiger partial charge in [0.1, 0.15) is 18.5 Å². The molecule has 1 aromatic rings. The molecule has 6 heteroatoms. The molecule has 1 amide bonds. The highest BCUT2D eigenvalue weighted by Gasteiger charge is 2.33. The van der Waals surface area contributed by atoms with Crippen molar-refractivity contribution >= 4 is 6.09 Å². The summed E-state index contributed by atoms with van der Waals surface area (Å²) in [4.78, 5) is 11.5. The molecule has 37 heavy (non-hydrogen) atoms. The predicted molar refractivity (Wildman–Crippen MR) is 151 cm³/mol. The number of nitrogens with two attached hydrogens (primary N) is 1. The van der Waals surface area contributed by atoms with Gasteiger partial charge in [0.2, 0.25) is 0 Å². The molecule has 0 aliphatic heterocycles. The molecule has 0 fully saturated rings. The molecular weight excluding hydrogens is 466 g/mol. The molecule has 1 rings (SSSR count). The highest BCUT2D eigenvalue weighted by atomic mass is 16.6. The minimum Gasteiger partial charge on any atom is -0.490 e. The van der Waals surface area contributed by atoms with Crippen molar-refractivity contribution in [2.75, 3.05) is 6.61 Å². The number of primary amides is 1. The van der Waals surface area contributed by atoms with Gasteiger partial charge in [-0.2, -0.15) is 0 Å². The number of aliphatic hydroxyl groups is 2. The number of para-hydroxylation sites is 1. The third kappa shape index (κ3) is 11.8. The second kappa shape index (κ2) is 16.8. The van der Waals surface area contributed by atoms with E-state index in [1.165, 1.54) is 0 Å². The molecule has 0 saturated carbocycles. The Labute approximate surface area is 223 Å². The highest BCUT2D eigenvalue weighted by molar-refractivity contribution is 5.64. The zero-order valence-corrected chi connectivity index (χ0v) is 23.3. The zero-order valence-electron chi connectivity index (χ0n) is 23.3. The lowest BCUT2D eigenvalue weighted by Crippen LogP contribution is -2.41. The Morgan fingerprint density at radius 1 is 1.00 bits per heavy atom. The van der Waals surface area contributed by atoms with Gasteiger partial charge in [0.05, 0.1) is 12.2 Å². The van der Waals surface area contributed by atoms with Crippen LogP contribution in [-0.2, 0) is 4.74 Å². The van der Waals surface area contributed by atoms with Gasteiger partial charge in [-0.15, -0.1) is 0 Å². The Hall–Kier alpha value is -2.83. The second-order valence-electron chi connectivity index (χ2n) is 10.2. The molecule has 0 heterocycles. The van der Waals surface area contributed by atoms with Crippen molar-refractivity contribution in [1.82, 2.24) is 0 Å². The standard InChI is InChI=1S/C31H47NO5/c1-8-9-14-23(4)30(37-31(32)35)26(7)29(34)25(6)20-21(2)19-24(5)28(33)22(3)15-13-18-36-27-16-11-10-12-17-27/h8-17,19,22-26,28-30,33-34H,1,18,20H2,2-7H3,(H2,32,35)/b14-9-,15-13-,21-19-/t22?,23-,24?,25-,26-,28?,29+,30-/m0/s1. The molecule has 1 aromatic carbocycles. The number of allylic oxidation sites excluding steroid dienone is 3. The Morgan fingerprint density at radius 3 is 2.24 bits per heavy atom. The molecule has 3 unspecified atom stereocenters. The van der Waals surface area contributed by atoms with Crippen LogP contribution in [-0.4, -0.2) is 41.2 Å². The minimum atomic E-state index is -0.857. The van der Waals surface area contributed by atoms with Crippen molar-refractivity contribution in [3.05, 3.63) is 78.9 Å². The SMILES string of the molecule is C=C/C=C\[C@H](C)[C@H](OC(N)=O)[C@@H](C)[C@H](O)[C@@H](C)C/C(C)=C\C(C)C(O)C(C)/C=C\COc1ccccc1. The average Bonchev–Trinajstić information content (AvgIpc) is 2.87. The van der Waals surface area contributed by atoms with E-state index in [-0.39, 0.29) is 29.6 Å². The number of benzene rings is 1. The lowest BCUT2D eigenvalue weighted by atomic mass is 9.81. The summed E-state index contributed by atoms with van der Waals surface area (Å²) in [6.07, 6.45) is 9.27. The van der Waals surface area contributed by atoms with Gasteiger partial charge in [-0.05, 0) is 31.4 Å². The van der Waals surface area contributed by atoms with Crippen LogP contribution in [0.25, 0.3) is 0 Å². The van der Waals surface area contributed by atoms with E-state index in [9.17, 15) is 15.0 Å². The fraction of sp³-hybridized carbons (Fsp3) is 0.516. The van der Waals surface area contributed by atoms with Crippen molar-refractivity contribution in [2.45, 2.75) is 66.3 Å². The number of ether oxygens (including phenoxy) is 2. The zero-order chi connectivity index (χ0) is 28.0. The minimum absolute atomic E-state index is 0.0433. The Bertz CT molecular complexity index is 894. The van der Waals surface area contributed by atoms with E-state index in [0.717, 1.165) is 11.3 Å². The molecule has 0 saturated heterocycles. The molecule has 0 aliphatic carbocycles. The van der Waals surface area contributed by atoms with E-state index >= 15 is 0 Å². The highest BCUT2D eigenvalue weighted by Crippen LogP contribution is 2.29. The molecule has 8 atom stereocenters. The van der Waals surface area contributed by atoms with Gasteiger partial charge in [-0.3, -0.25) is 0 Å². The number of carbonyl (C=O) groups is 1. The Morgan fingerprint density at radius 2 is 1.65 bits per heavy atom. The summed E-state index contributed by atoms with van der Waals surface area (Å²) in [5.74, 6) is 0.156. The first-order valence-electron chi connectivity index (χ1n) is 13.1. The van der Waals surface area contributed by atoms with Gasteiger partial charge in [0.15, 0.2) is 0 Å². The second-order valence-corrected chi connectivity index (χ2v) is 10.2. The monoisotopic (exact) mass is 513 g/mol. The van der Waals surface area contributed by atoms with Crippen LogP contribution < -0.4 is 10.5 Å². The van der Waals surface area contributed by atoms with Crippen LogP contribution in [0.4, 0.5) is 4.79 Å². The van der Waals surface area contributed by atoms with Crippen LogP contribution >= 0.6 is 0 Å². The van der Waals surface area contributed by atoms with Gasteiger partial charge >= 0.3 is 6.09 Å². The first-order valence-corrected chi connectivity index (χ1v) is 13.1. The van der Waals surface area contributed by atoms with E-state index < -0.39 is 24.4 Å². The molecule has 0 bridgehead atoms. The normalized spacial score (nSPS) is 19.0. The van der Waals surface area contributed by atoms with Gasteiger partial charge in [-0.25, -0.2) is 4.79 Å². The van der Waals surface area contributed by atoms with Crippen LogP contribution in [0.15, 0.2) is 78.9 Å². The van der Waals surface area contributed by atoms with Crippen LogP contribution in [0.3, 0.4) is 0 Å². The van der Waals surface area contributed by atoms with E-state index in [1.807, 2.05) is 90.1 Å². The predicted octanol–water partition coefficient (Wildman–Crippen LogP) is 6.07. The van der Waals surface area contributed by atoms with Crippen LogP contribution in [0.2, 0.25) is 0 Å². The van der Waals surface area contributed by atoms with E-state index in [0.29, 0.717) is 13.0 Å². The molecule has 0 aromatic heterocycles. The summed E-state index contributed by atoms with van der Waals surface area (Å²) in [6.45, 7) is 15.9. The Balaban J connectivity index is 2.69. The van der Waals surface area contributed by atoms with Crippen molar-refractivity contribution in [1.29, 1.82) is 0 Å². The number of hydrogen-bond acceptors (Lipinski definition) is 5. The summed E-state index contributed by atoms with van der Waals surface area (Å²) < 4.78 is 11.0. The number of amides is 1. The van der Waals surface area contributed by atoms with Crippen LogP contribution in [0.5, 0.6) is 5.75 Å². The van der Waals surface area contributed by atoms with E-state index in [4.69, 9.17) is 15.2 Å². The average molecular weight is 514 g/mol. The maximum atomic E-state index is 11.5. The number of hydrogen-bond donors (Lipinski definition) is 3.